The predicted octanol–water partition coefficient (Wildman–Crippen LogP) is 3.31. The fourth-order valence-corrected chi connectivity index (χ4v) is 3.78. The average Bonchev–Trinajstić information content (AvgIpc) is 2.94. The van der Waals surface area contributed by atoms with Gasteiger partial charge in [-0.3, -0.25) is 19.6 Å². The van der Waals surface area contributed by atoms with E-state index in [2.05, 4.69) is 10.1 Å². The van der Waals surface area contributed by atoms with Crippen molar-refractivity contribution in [1.82, 2.24) is 9.78 Å². The first-order chi connectivity index (χ1) is 13.4. The summed E-state index contributed by atoms with van der Waals surface area (Å²) in [5.74, 6) is -0.966. The van der Waals surface area contributed by atoms with Gasteiger partial charge in [0.1, 0.15) is 5.92 Å². The SMILES string of the molecule is COC(=O)C1C(C)=Nc2c(c(C3=CC=C3)nn2C)C1c1cccc([N+](=O)[O-])c1. The number of ether oxygens (including phenoxy) is 1. The Morgan fingerprint density at radius 2 is 2.11 bits per heavy atom. The molecule has 28 heavy (non-hydrogen) atoms. The van der Waals surface area contributed by atoms with E-state index in [0.717, 1.165) is 16.8 Å². The van der Waals surface area contributed by atoms with Crippen molar-refractivity contribution in [2.75, 3.05) is 7.11 Å². The number of non-ortho nitro benzene ring substituents is 1. The first-order valence-electron chi connectivity index (χ1n) is 8.75. The van der Waals surface area contributed by atoms with Crippen LogP contribution < -0.4 is 0 Å². The highest BCUT2D eigenvalue weighted by Gasteiger charge is 2.42. The number of hydrogen-bond acceptors (Lipinski definition) is 6. The predicted molar refractivity (Wildman–Crippen MR) is 104 cm³/mol. The molecule has 2 atom stereocenters. The number of esters is 1. The summed E-state index contributed by atoms with van der Waals surface area (Å²) in [5, 5.41) is 15.9. The average molecular weight is 378 g/mol. The Kier molecular flexibility index (Phi) is 4.18. The van der Waals surface area contributed by atoms with Gasteiger partial charge in [0.05, 0.1) is 17.7 Å². The molecule has 8 heteroatoms. The molecule has 2 unspecified atom stereocenters. The largest absolute Gasteiger partial charge is 0.468 e. The number of aromatic nitrogens is 2. The van der Waals surface area contributed by atoms with Crippen LogP contribution in [0.25, 0.3) is 5.57 Å². The number of methoxy groups -OCH3 is 1. The van der Waals surface area contributed by atoms with Gasteiger partial charge in [-0.25, -0.2) is 4.99 Å². The highest BCUT2D eigenvalue weighted by Crippen LogP contribution is 2.47. The number of nitro groups is 1. The number of aryl methyl sites for hydroxylation is 1. The third kappa shape index (κ3) is 2.65. The molecule has 0 saturated carbocycles. The second-order valence-electron chi connectivity index (χ2n) is 6.77. The fourth-order valence-electron chi connectivity index (χ4n) is 3.78. The zero-order valence-electron chi connectivity index (χ0n) is 15.6. The Morgan fingerprint density at radius 3 is 2.71 bits per heavy atom. The van der Waals surface area contributed by atoms with Crippen LogP contribution in [0.2, 0.25) is 0 Å². The molecule has 0 fully saturated rings. The number of carbonyl (C=O) groups excluding carboxylic acids is 1. The Labute approximate surface area is 161 Å². The summed E-state index contributed by atoms with van der Waals surface area (Å²) >= 11 is 0. The van der Waals surface area contributed by atoms with Gasteiger partial charge in [-0.05, 0) is 12.5 Å². The van der Waals surface area contributed by atoms with Crippen LogP contribution in [0.3, 0.4) is 0 Å². The van der Waals surface area contributed by atoms with Crippen molar-refractivity contribution in [3.63, 3.8) is 0 Å². The van der Waals surface area contributed by atoms with Gasteiger partial charge in [-0.2, -0.15) is 5.10 Å². The van der Waals surface area contributed by atoms with Gasteiger partial charge in [0.25, 0.3) is 5.69 Å². The third-order valence-electron chi connectivity index (χ3n) is 5.15. The quantitative estimate of drug-likeness (QED) is 0.462. The van der Waals surface area contributed by atoms with Crippen LogP contribution in [0.5, 0.6) is 0 Å². The van der Waals surface area contributed by atoms with E-state index in [9.17, 15) is 14.9 Å². The number of hydrogen-bond donors (Lipinski definition) is 0. The molecule has 1 aliphatic carbocycles. The van der Waals surface area contributed by atoms with Crippen LogP contribution >= 0.6 is 0 Å². The molecule has 4 rings (SSSR count). The van der Waals surface area contributed by atoms with Crippen LogP contribution in [-0.4, -0.2) is 33.5 Å². The minimum Gasteiger partial charge on any atom is -0.468 e. The van der Waals surface area contributed by atoms with Crippen molar-refractivity contribution < 1.29 is 14.5 Å². The molecule has 0 N–H and O–H groups in total. The molecule has 8 nitrogen and oxygen atoms in total. The molecule has 1 aromatic heterocycles. The maximum atomic E-state index is 12.7. The summed E-state index contributed by atoms with van der Waals surface area (Å²) in [7, 11) is 3.13. The van der Waals surface area contributed by atoms with Crippen LogP contribution in [0.4, 0.5) is 11.5 Å². The summed E-state index contributed by atoms with van der Waals surface area (Å²) in [5.41, 5.74) is 3.64. The molecule has 0 amide bonds. The first kappa shape index (κ1) is 17.8. The van der Waals surface area contributed by atoms with Gasteiger partial charge < -0.3 is 4.74 Å². The number of nitrogens with zero attached hydrogens (tertiary/aromatic N) is 4. The van der Waals surface area contributed by atoms with Gasteiger partial charge in [-0.15, -0.1) is 0 Å². The van der Waals surface area contributed by atoms with Crippen molar-refractivity contribution in [3.8, 4) is 0 Å². The summed E-state index contributed by atoms with van der Waals surface area (Å²) in [6.07, 6.45) is 5.78. The van der Waals surface area contributed by atoms with E-state index in [0.29, 0.717) is 17.1 Å². The minimum atomic E-state index is -0.688. The third-order valence-corrected chi connectivity index (χ3v) is 5.15. The van der Waals surface area contributed by atoms with E-state index in [-0.39, 0.29) is 5.69 Å². The monoisotopic (exact) mass is 378 g/mol. The zero-order chi connectivity index (χ0) is 20.0. The van der Waals surface area contributed by atoms with E-state index < -0.39 is 22.7 Å². The topological polar surface area (TPSA) is 99.6 Å². The first-order valence-corrected chi connectivity index (χ1v) is 8.75. The maximum absolute atomic E-state index is 12.7. The van der Waals surface area contributed by atoms with E-state index in [1.165, 1.54) is 19.2 Å². The van der Waals surface area contributed by atoms with Gasteiger partial charge in [-0.1, -0.05) is 30.4 Å². The van der Waals surface area contributed by atoms with Crippen LogP contribution in [-0.2, 0) is 16.6 Å². The van der Waals surface area contributed by atoms with E-state index in [4.69, 9.17) is 4.74 Å². The smallest absolute Gasteiger partial charge is 0.315 e. The lowest BCUT2D eigenvalue weighted by molar-refractivity contribution is -0.384. The Morgan fingerprint density at radius 1 is 1.36 bits per heavy atom. The molecular weight excluding hydrogens is 360 g/mol. The highest BCUT2D eigenvalue weighted by molar-refractivity contribution is 6.05. The lowest BCUT2D eigenvalue weighted by atomic mass is 9.75. The highest BCUT2D eigenvalue weighted by atomic mass is 16.6. The van der Waals surface area contributed by atoms with Gasteiger partial charge in [0, 0.05) is 41.9 Å². The molecule has 2 aromatic rings. The number of fused-ring (bicyclic) bond motifs is 1. The van der Waals surface area contributed by atoms with E-state index in [1.54, 1.807) is 30.8 Å². The normalized spacial score (nSPS) is 20.0. The van der Waals surface area contributed by atoms with Gasteiger partial charge in [0.15, 0.2) is 5.82 Å². The van der Waals surface area contributed by atoms with Crippen molar-refractivity contribution in [3.05, 3.63) is 69.4 Å². The molecule has 0 radical (unpaired) electrons. The Bertz CT molecular complexity index is 1090. The number of allylic oxidation sites excluding steroid dienone is 4. The Balaban J connectivity index is 1.98. The Hall–Kier alpha value is -3.55. The van der Waals surface area contributed by atoms with Crippen molar-refractivity contribution in [1.29, 1.82) is 0 Å². The van der Waals surface area contributed by atoms with Crippen molar-refractivity contribution in [2.24, 2.45) is 18.0 Å². The second kappa shape index (κ2) is 6.56. The summed E-state index contributed by atoms with van der Waals surface area (Å²) in [6.45, 7) is 1.77. The number of nitro benzene ring substituents is 1. The van der Waals surface area contributed by atoms with Gasteiger partial charge >= 0.3 is 5.97 Å². The molecule has 1 aliphatic heterocycles. The van der Waals surface area contributed by atoms with Crippen molar-refractivity contribution in [2.45, 2.75) is 12.8 Å². The van der Waals surface area contributed by atoms with Crippen molar-refractivity contribution >= 4 is 28.8 Å². The lowest BCUT2D eigenvalue weighted by Crippen LogP contribution is -2.33. The van der Waals surface area contributed by atoms with E-state index >= 15 is 0 Å². The van der Waals surface area contributed by atoms with Gasteiger partial charge in [0.2, 0.25) is 0 Å². The molecule has 2 heterocycles. The van der Waals surface area contributed by atoms with E-state index in [1.807, 2.05) is 18.2 Å². The maximum Gasteiger partial charge on any atom is 0.315 e. The molecular formula is C20H18N4O4. The summed E-state index contributed by atoms with van der Waals surface area (Å²) in [6, 6.07) is 6.35. The number of aliphatic imine (C=N–C) groups is 1. The zero-order valence-corrected chi connectivity index (χ0v) is 15.6. The van der Waals surface area contributed by atoms with Crippen LogP contribution in [0, 0.1) is 16.0 Å². The summed E-state index contributed by atoms with van der Waals surface area (Å²) < 4.78 is 6.72. The number of rotatable bonds is 4. The minimum absolute atomic E-state index is 0.0315. The molecule has 1 aromatic carbocycles. The lowest BCUT2D eigenvalue weighted by Gasteiger charge is -2.30. The molecule has 0 spiro atoms. The second-order valence-corrected chi connectivity index (χ2v) is 6.77. The number of carbonyl (C=O) groups is 1. The number of benzene rings is 1. The summed E-state index contributed by atoms with van der Waals surface area (Å²) in [4.78, 5) is 28.2. The molecule has 0 saturated heterocycles. The van der Waals surface area contributed by atoms with Crippen LogP contribution in [0.15, 0.2) is 47.5 Å². The molecule has 2 aliphatic rings. The van der Waals surface area contributed by atoms with Crippen LogP contribution in [0.1, 0.15) is 29.7 Å². The molecule has 142 valence electrons. The standard InChI is InChI=1S/C20H18N4O4/c1-11-15(20(25)28-3)16(13-8-5-9-14(10-13)24(26)27)17-18(12-6-4-7-12)22-23(2)19(17)21-11/h4-10,15-16H,1-3H3. The fraction of sp³-hybridized carbons (Fsp3) is 0.250. The molecule has 0 bridgehead atoms.